The normalized spacial score (nSPS) is 14.2. The van der Waals surface area contributed by atoms with E-state index in [1.165, 1.54) is 11.3 Å². The molecule has 3 aromatic heterocycles. The van der Waals surface area contributed by atoms with Crippen LogP contribution in [0.3, 0.4) is 0 Å². The highest BCUT2D eigenvalue weighted by atomic mass is 32.1. The second-order valence-electron chi connectivity index (χ2n) is 7.06. The largest absolute Gasteiger partial charge is 0.467 e. The summed E-state index contributed by atoms with van der Waals surface area (Å²) in [7, 11) is 0. The summed E-state index contributed by atoms with van der Waals surface area (Å²) in [6.07, 6.45) is 6.94. The zero-order chi connectivity index (χ0) is 19.5. The Hall–Kier alpha value is -2.16. The summed E-state index contributed by atoms with van der Waals surface area (Å²) in [5.74, 6) is 1.13. The molecular formula is C20H25N3O4S. The Morgan fingerprint density at radius 2 is 1.96 bits per heavy atom. The third-order valence-corrected chi connectivity index (χ3v) is 6.41. The summed E-state index contributed by atoms with van der Waals surface area (Å²) in [4.78, 5) is 22.2. The molecule has 4 rings (SSSR count). The van der Waals surface area contributed by atoms with Gasteiger partial charge in [-0.2, -0.15) is 0 Å². The Bertz CT molecular complexity index is 987. The highest BCUT2D eigenvalue weighted by Gasteiger charge is 2.24. The third-order valence-electron chi connectivity index (χ3n) is 5.22. The third kappa shape index (κ3) is 3.59. The molecule has 2 N–H and O–H groups in total. The molecule has 3 heterocycles. The molecule has 0 fully saturated rings. The summed E-state index contributed by atoms with van der Waals surface area (Å²) in [6.45, 7) is 0.677. The van der Waals surface area contributed by atoms with Gasteiger partial charge in [-0.1, -0.05) is 6.42 Å². The van der Waals surface area contributed by atoms with Crippen LogP contribution in [0.25, 0.3) is 10.2 Å². The second-order valence-corrected chi connectivity index (χ2v) is 8.14. The number of hydrogen-bond donors (Lipinski definition) is 2. The van der Waals surface area contributed by atoms with Crippen molar-refractivity contribution in [1.82, 2.24) is 9.55 Å². The Kier molecular flexibility index (Phi) is 5.79. The fourth-order valence-corrected chi connectivity index (χ4v) is 5.15. The van der Waals surface area contributed by atoms with E-state index in [1.54, 1.807) is 33.1 Å². The molecule has 28 heavy (non-hydrogen) atoms. The van der Waals surface area contributed by atoms with Gasteiger partial charge in [0.2, 0.25) is 5.95 Å². The number of rotatable bonds is 7. The van der Waals surface area contributed by atoms with Crippen molar-refractivity contribution in [1.29, 1.82) is 0 Å². The molecule has 1 aliphatic carbocycles. The number of furan rings is 1. The second kappa shape index (κ2) is 8.46. The molecule has 0 spiro atoms. The number of hydrogen-bond acceptors (Lipinski definition) is 7. The van der Waals surface area contributed by atoms with Crippen molar-refractivity contribution in [2.24, 2.45) is 0 Å². The summed E-state index contributed by atoms with van der Waals surface area (Å²) >= 11 is 1.61. The Balaban J connectivity index is 1.91. The number of aliphatic hydroxyl groups excluding tert-OH is 2. The first-order valence-electron chi connectivity index (χ1n) is 9.77. The molecule has 7 nitrogen and oxygen atoms in total. The molecule has 0 atom stereocenters. The Morgan fingerprint density at radius 1 is 1.18 bits per heavy atom. The van der Waals surface area contributed by atoms with Crippen molar-refractivity contribution in [3.8, 4) is 0 Å². The standard InChI is InChI=1S/C20H25N3O4S/c24-10-8-22(9-11-25)20-21-18-17(15-6-2-1-3-7-16(15)28-18)19(26)23(20)13-14-5-4-12-27-14/h4-5,12,24-25H,1-3,6-11,13H2. The summed E-state index contributed by atoms with van der Waals surface area (Å²) in [5, 5.41) is 19.7. The fraction of sp³-hybridized carbons (Fsp3) is 0.500. The average Bonchev–Trinajstić information content (AvgIpc) is 3.26. The van der Waals surface area contributed by atoms with Gasteiger partial charge in [-0.3, -0.25) is 9.36 Å². The topological polar surface area (TPSA) is 91.7 Å². The lowest BCUT2D eigenvalue weighted by molar-refractivity contribution is 0.279. The van der Waals surface area contributed by atoms with Crippen LogP contribution < -0.4 is 10.5 Å². The molecule has 0 aromatic carbocycles. The van der Waals surface area contributed by atoms with Crippen LogP contribution in [-0.4, -0.2) is 46.1 Å². The van der Waals surface area contributed by atoms with Crippen molar-refractivity contribution in [2.45, 2.75) is 38.6 Å². The van der Waals surface area contributed by atoms with Crippen LogP contribution in [-0.2, 0) is 19.4 Å². The van der Waals surface area contributed by atoms with E-state index in [1.807, 2.05) is 6.07 Å². The molecule has 0 amide bonds. The number of aromatic nitrogens is 2. The molecule has 1 aliphatic rings. The van der Waals surface area contributed by atoms with Gasteiger partial charge in [0.1, 0.15) is 10.6 Å². The van der Waals surface area contributed by atoms with E-state index in [-0.39, 0.29) is 25.3 Å². The monoisotopic (exact) mass is 403 g/mol. The fourth-order valence-electron chi connectivity index (χ4n) is 3.90. The lowest BCUT2D eigenvalue weighted by Crippen LogP contribution is -2.36. The minimum atomic E-state index is -0.0877. The first kappa shape index (κ1) is 19.2. The molecular weight excluding hydrogens is 378 g/mol. The first-order chi connectivity index (χ1) is 13.7. The van der Waals surface area contributed by atoms with Gasteiger partial charge in [-0.25, -0.2) is 4.98 Å². The number of aryl methyl sites for hydroxylation is 2. The number of thiophene rings is 1. The molecule has 8 heteroatoms. The highest BCUT2D eigenvalue weighted by Crippen LogP contribution is 2.34. The van der Waals surface area contributed by atoms with Gasteiger partial charge in [-0.15, -0.1) is 11.3 Å². The molecule has 0 unspecified atom stereocenters. The quantitative estimate of drug-likeness (QED) is 0.588. The van der Waals surface area contributed by atoms with Gasteiger partial charge >= 0.3 is 0 Å². The van der Waals surface area contributed by atoms with Gasteiger partial charge in [0.25, 0.3) is 5.56 Å². The minimum absolute atomic E-state index is 0.0725. The molecule has 150 valence electrons. The molecule has 0 saturated heterocycles. The predicted molar refractivity (Wildman–Crippen MR) is 109 cm³/mol. The van der Waals surface area contributed by atoms with Crippen molar-refractivity contribution in [3.05, 3.63) is 45.0 Å². The summed E-state index contributed by atoms with van der Waals surface area (Å²) in [5.41, 5.74) is 1.09. The van der Waals surface area contributed by atoms with E-state index >= 15 is 0 Å². The maximum Gasteiger partial charge on any atom is 0.264 e. The zero-order valence-corrected chi connectivity index (χ0v) is 16.6. The van der Waals surface area contributed by atoms with Crippen LogP contribution in [0.4, 0.5) is 5.95 Å². The number of fused-ring (bicyclic) bond motifs is 3. The van der Waals surface area contributed by atoms with E-state index in [4.69, 9.17) is 9.40 Å². The van der Waals surface area contributed by atoms with Crippen molar-refractivity contribution < 1.29 is 14.6 Å². The van der Waals surface area contributed by atoms with Crippen LogP contribution in [0.2, 0.25) is 0 Å². The van der Waals surface area contributed by atoms with Gasteiger partial charge in [0.15, 0.2) is 0 Å². The summed E-state index contributed by atoms with van der Waals surface area (Å²) < 4.78 is 7.09. The number of nitrogens with zero attached hydrogens (tertiary/aromatic N) is 3. The van der Waals surface area contributed by atoms with Gasteiger partial charge in [0, 0.05) is 18.0 Å². The van der Waals surface area contributed by atoms with Crippen LogP contribution in [0.15, 0.2) is 27.6 Å². The van der Waals surface area contributed by atoms with Crippen LogP contribution in [0, 0.1) is 0 Å². The van der Waals surface area contributed by atoms with Crippen molar-refractivity contribution >= 4 is 27.5 Å². The molecule has 0 saturated carbocycles. The van der Waals surface area contributed by atoms with E-state index in [0.29, 0.717) is 24.8 Å². The van der Waals surface area contributed by atoms with Crippen LogP contribution in [0.1, 0.15) is 35.5 Å². The van der Waals surface area contributed by atoms with Crippen molar-refractivity contribution in [3.63, 3.8) is 0 Å². The number of aliphatic hydroxyl groups is 2. The maximum absolute atomic E-state index is 13.6. The molecule has 0 bridgehead atoms. The van der Waals surface area contributed by atoms with E-state index in [2.05, 4.69) is 0 Å². The summed E-state index contributed by atoms with van der Waals surface area (Å²) in [6, 6.07) is 3.62. The maximum atomic E-state index is 13.6. The minimum Gasteiger partial charge on any atom is -0.467 e. The molecule has 0 radical (unpaired) electrons. The first-order valence-corrected chi connectivity index (χ1v) is 10.6. The predicted octanol–water partition coefficient (Wildman–Crippen LogP) is 2.16. The van der Waals surface area contributed by atoms with E-state index in [0.717, 1.165) is 41.5 Å². The lowest BCUT2D eigenvalue weighted by atomic mass is 10.1. The number of anilines is 1. The van der Waals surface area contributed by atoms with E-state index < -0.39 is 0 Å². The molecule has 3 aromatic rings. The highest BCUT2D eigenvalue weighted by molar-refractivity contribution is 7.18. The molecule has 0 aliphatic heterocycles. The Morgan fingerprint density at radius 3 is 2.68 bits per heavy atom. The van der Waals surface area contributed by atoms with E-state index in [9.17, 15) is 15.0 Å². The smallest absolute Gasteiger partial charge is 0.264 e. The SMILES string of the molecule is O=c1c2c3c(sc2nc(N(CCO)CCO)n1Cc1ccco1)CCCCC3. The van der Waals surface area contributed by atoms with Crippen LogP contribution >= 0.6 is 11.3 Å². The Labute approximate surface area is 166 Å². The van der Waals surface area contributed by atoms with Crippen LogP contribution in [0.5, 0.6) is 0 Å². The zero-order valence-electron chi connectivity index (χ0n) is 15.8. The average molecular weight is 404 g/mol. The van der Waals surface area contributed by atoms with Crippen molar-refractivity contribution in [2.75, 3.05) is 31.2 Å². The lowest BCUT2D eigenvalue weighted by Gasteiger charge is -2.24. The van der Waals surface area contributed by atoms with Gasteiger partial charge in [0.05, 0.1) is 31.4 Å². The van der Waals surface area contributed by atoms with Gasteiger partial charge in [-0.05, 0) is 43.4 Å². The van der Waals surface area contributed by atoms with Gasteiger partial charge < -0.3 is 19.5 Å².